The van der Waals surface area contributed by atoms with E-state index in [-0.39, 0.29) is 0 Å². The zero-order valence-electron chi connectivity index (χ0n) is 13.5. The molecule has 0 radical (unpaired) electrons. The minimum atomic E-state index is 0.563. The molecule has 2 fully saturated rings. The van der Waals surface area contributed by atoms with Crippen LogP contribution in [0.2, 0.25) is 0 Å². The maximum absolute atomic E-state index is 4.81. The molecule has 1 N–H and O–H groups in total. The van der Waals surface area contributed by atoms with Gasteiger partial charge in [0.25, 0.3) is 0 Å². The topological polar surface area (TPSA) is 53.9 Å². The lowest BCUT2D eigenvalue weighted by Crippen LogP contribution is -2.49. The van der Waals surface area contributed by atoms with Gasteiger partial charge < -0.3 is 10.2 Å². The summed E-state index contributed by atoms with van der Waals surface area (Å²) < 4.78 is 0. The lowest BCUT2D eigenvalue weighted by atomic mass is 9.98. The fourth-order valence-electron chi connectivity index (χ4n) is 3.89. The first-order valence-corrected chi connectivity index (χ1v) is 8.50. The van der Waals surface area contributed by atoms with Gasteiger partial charge in [0, 0.05) is 24.7 Å². The average molecular weight is 289 g/mol. The van der Waals surface area contributed by atoms with Crippen LogP contribution in [-0.4, -0.2) is 39.9 Å². The molecule has 2 unspecified atom stereocenters. The summed E-state index contributed by atoms with van der Waals surface area (Å²) in [6, 6.07) is 1.94. The third kappa shape index (κ3) is 2.89. The molecule has 21 heavy (non-hydrogen) atoms. The SMILES string of the molecule is CCc1nnc(N(CC)C2CC3CCC(C2)N3)nc1CC. The predicted molar refractivity (Wildman–Crippen MR) is 84.6 cm³/mol. The van der Waals surface area contributed by atoms with Crippen molar-refractivity contribution in [2.24, 2.45) is 0 Å². The molecule has 5 nitrogen and oxygen atoms in total. The molecule has 0 aliphatic carbocycles. The molecule has 1 aromatic rings. The third-order valence-electron chi connectivity index (χ3n) is 4.98. The molecule has 1 aromatic heterocycles. The van der Waals surface area contributed by atoms with Gasteiger partial charge in [0.1, 0.15) is 0 Å². The molecular weight excluding hydrogens is 262 g/mol. The van der Waals surface area contributed by atoms with Crippen LogP contribution in [0.25, 0.3) is 0 Å². The van der Waals surface area contributed by atoms with Crippen LogP contribution in [0.4, 0.5) is 5.95 Å². The normalized spacial score (nSPS) is 27.9. The number of aromatic nitrogens is 3. The number of hydrogen-bond donors (Lipinski definition) is 1. The zero-order valence-corrected chi connectivity index (χ0v) is 13.5. The van der Waals surface area contributed by atoms with E-state index in [0.717, 1.165) is 36.7 Å². The van der Waals surface area contributed by atoms with Crippen molar-refractivity contribution in [1.82, 2.24) is 20.5 Å². The highest BCUT2D eigenvalue weighted by atomic mass is 15.3. The predicted octanol–water partition coefficient (Wildman–Crippen LogP) is 2.11. The van der Waals surface area contributed by atoms with E-state index < -0.39 is 0 Å². The van der Waals surface area contributed by atoms with Crippen molar-refractivity contribution < 1.29 is 0 Å². The molecule has 0 spiro atoms. The van der Waals surface area contributed by atoms with Crippen LogP contribution < -0.4 is 10.2 Å². The fraction of sp³-hybridized carbons (Fsp3) is 0.812. The second-order valence-electron chi connectivity index (χ2n) is 6.26. The van der Waals surface area contributed by atoms with Crippen LogP contribution in [0.15, 0.2) is 0 Å². The highest BCUT2D eigenvalue weighted by Gasteiger charge is 2.36. The molecule has 116 valence electrons. The molecule has 2 aliphatic rings. The molecule has 2 saturated heterocycles. The first-order chi connectivity index (χ1) is 10.2. The maximum Gasteiger partial charge on any atom is 0.245 e. The Hall–Kier alpha value is -1.23. The first kappa shape index (κ1) is 14.7. The molecule has 0 amide bonds. The summed E-state index contributed by atoms with van der Waals surface area (Å²) in [5.41, 5.74) is 2.15. The van der Waals surface area contributed by atoms with Gasteiger partial charge in [-0.3, -0.25) is 0 Å². The van der Waals surface area contributed by atoms with Gasteiger partial charge in [-0.1, -0.05) is 13.8 Å². The molecule has 5 heteroatoms. The van der Waals surface area contributed by atoms with Gasteiger partial charge in [-0.2, -0.15) is 5.10 Å². The van der Waals surface area contributed by atoms with Gasteiger partial charge in [0.15, 0.2) is 0 Å². The standard InChI is InChI=1S/C16H27N5/c1-4-14-15(5-2)19-20-16(18-14)21(6-3)13-9-11-7-8-12(10-13)17-11/h11-13,17H,4-10H2,1-3H3. The number of hydrogen-bond acceptors (Lipinski definition) is 5. The first-order valence-electron chi connectivity index (χ1n) is 8.50. The second-order valence-corrected chi connectivity index (χ2v) is 6.26. The van der Waals surface area contributed by atoms with E-state index in [1.165, 1.54) is 25.7 Å². The number of nitrogens with one attached hydrogen (secondary N) is 1. The van der Waals surface area contributed by atoms with Crippen LogP contribution in [0, 0.1) is 0 Å². The van der Waals surface area contributed by atoms with Crippen molar-refractivity contribution in [1.29, 1.82) is 0 Å². The lowest BCUT2D eigenvalue weighted by molar-refractivity contribution is 0.346. The fourth-order valence-corrected chi connectivity index (χ4v) is 3.89. The minimum absolute atomic E-state index is 0.563. The molecule has 0 saturated carbocycles. The van der Waals surface area contributed by atoms with Crippen molar-refractivity contribution in [3.05, 3.63) is 11.4 Å². The molecule has 3 rings (SSSR count). The summed E-state index contributed by atoms with van der Waals surface area (Å²) in [4.78, 5) is 7.18. The number of fused-ring (bicyclic) bond motifs is 2. The van der Waals surface area contributed by atoms with Gasteiger partial charge >= 0.3 is 0 Å². The molecule has 2 bridgehead atoms. The van der Waals surface area contributed by atoms with Crippen molar-refractivity contribution in [3.63, 3.8) is 0 Å². The van der Waals surface area contributed by atoms with Crippen LogP contribution >= 0.6 is 0 Å². The summed E-state index contributed by atoms with van der Waals surface area (Å²) >= 11 is 0. The van der Waals surface area contributed by atoms with Crippen molar-refractivity contribution in [3.8, 4) is 0 Å². The van der Waals surface area contributed by atoms with E-state index in [1.54, 1.807) is 0 Å². The van der Waals surface area contributed by atoms with E-state index in [0.29, 0.717) is 18.1 Å². The minimum Gasteiger partial charge on any atom is -0.337 e. The smallest absolute Gasteiger partial charge is 0.245 e. The highest BCUT2D eigenvalue weighted by molar-refractivity contribution is 5.33. The van der Waals surface area contributed by atoms with Gasteiger partial charge in [-0.05, 0) is 45.4 Å². The summed E-state index contributed by atoms with van der Waals surface area (Å²) in [6.45, 7) is 7.42. The molecule has 0 aromatic carbocycles. The van der Waals surface area contributed by atoms with Crippen LogP contribution in [0.3, 0.4) is 0 Å². The Morgan fingerprint density at radius 2 is 1.67 bits per heavy atom. The number of aryl methyl sites for hydroxylation is 2. The number of piperidine rings is 1. The quantitative estimate of drug-likeness (QED) is 0.899. The van der Waals surface area contributed by atoms with Gasteiger partial charge in [0.05, 0.1) is 11.4 Å². The van der Waals surface area contributed by atoms with Crippen LogP contribution in [-0.2, 0) is 12.8 Å². The van der Waals surface area contributed by atoms with Gasteiger partial charge in [-0.15, -0.1) is 5.10 Å². The van der Waals surface area contributed by atoms with Crippen molar-refractivity contribution >= 4 is 5.95 Å². The monoisotopic (exact) mass is 289 g/mol. The van der Waals surface area contributed by atoms with E-state index in [1.807, 2.05) is 0 Å². The number of anilines is 1. The van der Waals surface area contributed by atoms with Gasteiger partial charge in [0.2, 0.25) is 5.95 Å². The van der Waals surface area contributed by atoms with Crippen molar-refractivity contribution in [2.75, 3.05) is 11.4 Å². The van der Waals surface area contributed by atoms with E-state index >= 15 is 0 Å². The summed E-state index contributed by atoms with van der Waals surface area (Å²) in [5.74, 6) is 0.831. The summed E-state index contributed by atoms with van der Waals surface area (Å²) in [7, 11) is 0. The largest absolute Gasteiger partial charge is 0.337 e. The van der Waals surface area contributed by atoms with Crippen LogP contribution in [0.5, 0.6) is 0 Å². The Morgan fingerprint density at radius 3 is 2.24 bits per heavy atom. The van der Waals surface area contributed by atoms with Crippen molar-refractivity contribution in [2.45, 2.75) is 77.4 Å². The molecular formula is C16H27N5. The Balaban J connectivity index is 1.82. The Morgan fingerprint density at radius 1 is 1.00 bits per heavy atom. The maximum atomic E-state index is 4.81. The third-order valence-corrected chi connectivity index (χ3v) is 4.98. The summed E-state index contributed by atoms with van der Waals surface area (Å²) in [5, 5.41) is 12.5. The van der Waals surface area contributed by atoms with Crippen LogP contribution in [0.1, 0.15) is 57.8 Å². The van der Waals surface area contributed by atoms with E-state index in [4.69, 9.17) is 4.98 Å². The van der Waals surface area contributed by atoms with E-state index in [2.05, 4.69) is 41.2 Å². The number of rotatable bonds is 5. The molecule has 2 atom stereocenters. The second kappa shape index (κ2) is 6.26. The van der Waals surface area contributed by atoms with Gasteiger partial charge in [-0.25, -0.2) is 4.98 Å². The Bertz CT molecular complexity index is 478. The summed E-state index contributed by atoms with van der Waals surface area (Å²) in [6.07, 6.45) is 6.92. The zero-order chi connectivity index (χ0) is 14.8. The lowest BCUT2D eigenvalue weighted by Gasteiger charge is -2.37. The Kier molecular flexibility index (Phi) is 4.38. The Labute approximate surface area is 127 Å². The van der Waals surface area contributed by atoms with E-state index in [9.17, 15) is 0 Å². The average Bonchev–Trinajstić information content (AvgIpc) is 2.86. The molecule has 2 aliphatic heterocycles. The highest BCUT2D eigenvalue weighted by Crippen LogP contribution is 2.31. The number of nitrogens with zero attached hydrogens (tertiary/aromatic N) is 4. The molecule has 3 heterocycles.